The molecule has 0 heterocycles. The maximum atomic E-state index is 12.0. The molecule has 6 heteroatoms. The minimum atomic E-state index is -4.55. The van der Waals surface area contributed by atoms with E-state index in [1.807, 2.05) is 48.5 Å². The quantitative estimate of drug-likeness (QED) is 0.859. The summed E-state index contributed by atoms with van der Waals surface area (Å²) in [6.07, 6.45) is -4.44. The molecular weight excluding hydrogens is 307 g/mol. The second kappa shape index (κ2) is 7.28. The standard InChI is InChI=1S/C17H16F3NO2/c18-17(19,20)11-23-16(22)15(21)10-12-5-4-8-14(9-12)13-6-2-1-3-7-13/h1-9,15H,10-11,21H2/t15-/m0/s1. The molecule has 23 heavy (non-hydrogen) atoms. The summed E-state index contributed by atoms with van der Waals surface area (Å²) in [5, 5.41) is 0. The lowest BCUT2D eigenvalue weighted by Gasteiger charge is -2.13. The summed E-state index contributed by atoms with van der Waals surface area (Å²) >= 11 is 0. The van der Waals surface area contributed by atoms with Crippen LogP contribution in [0, 0.1) is 0 Å². The second-order valence-electron chi connectivity index (χ2n) is 5.10. The molecule has 0 bridgehead atoms. The highest BCUT2D eigenvalue weighted by molar-refractivity contribution is 5.76. The number of hydrogen-bond donors (Lipinski definition) is 1. The highest BCUT2D eigenvalue weighted by Crippen LogP contribution is 2.21. The maximum Gasteiger partial charge on any atom is 0.422 e. The lowest BCUT2D eigenvalue weighted by molar-refractivity contribution is -0.187. The minimum absolute atomic E-state index is 0.108. The van der Waals surface area contributed by atoms with Gasteiger partial charge >= 0.3 is 12.1 Å². The predicted molar refractivity (Wildman–Crippen MR) is 80.6 cm³/mol. The Balaban J connectivity index is 2.01. The summed E-state index contributed by atoms with van der Waals surface area (Å²) in [4.78, 5) is 11.5. The lowest BCUT2D eigenvalue weighted by Crippen LogP contribution is -2.36. The van der Waals surface area contributed by atoms with Crippen LogP contribution < -0.4 is 5.73 Å². The van der Waals surface area contributed by atoms with Gasteiger partial charge in [-0.05, 0) is 23.1 Å². The lowest BCUT2D eigenvalue weighted by atomic mass is 10.00. The van der Waals surface area contributed by atoms with Crippen molar-refractivity contribution in [1.29, 1.82) is 0 Å². The molecule has 0 aliphatic heterocycles. The average Bonchev–Trinajstić information content (AvgIpc) is 2.53. The molecule has 0 amide bonds. The molecule has 2 rings (SSSR count). The second-order valence-corrected chi connectivity index (χ2v) is 5.10. The van der Waals surface area contributed by atoms with E-state index in [1.165, 1.54) is 0 Å². The number of nitrogens with two attached hydrogens (primary N) is 1. The van der Waals surface area contributed by atoms with E-state index in [0.29, 0.717) is 0 Å². The molecule has 0 saturated carbocycles. The van der Waals surface area contributed by atoms with E-state index in [9.17, 15) is 18.0 Å². The largest absolute Gasteiger partial charge is 0.455 e. The van der Waals surface area contributed by atoms with Crippen LogP contribution in [0.5, 0.6) is 0 Å². The van der Waals surface area contributed by atoms with Gasteiger partial charge in [0.25, 0.3) is 0 Å². The van der Waals surface area contributed by atoms with Crippen LogP contribution in [0.2, 0.25) is 0 Å². The van der Waals surface area contributed by atoms with Crippen molar-refractivity contribution in [1.82, 2.24) is 0 Å². The molecule has 0 aliphatic rings. The van der Waals surface area contributed by atoms with Crippen LogP contribution in [0.1, 0.15) is 5.56 Å². The number of ether oxygens (including phenoxy) is 1. The summed E-state index contributed by atoms with van der Waals surface area (Å²) < 4.78 is 40.3. The fourth-order valence-corrected chi connectivity index (χ4v) is 2.11. The number of carbonyl (C=O) groups excluding carboxylic acids is 1. The van der Waals surface area contributed by atoms with Gasteiger partial charge in [0.05, 0.1) is 0 Å². The highest BCUT2D eigenvalue weighted by atomic mass is 19.4. The Morgan fingerprint density at radius 2 is 1.70 bits per heavy atom. The van der Waals surface area contributed by atoms with Gasteiger partial charge in [0.15, 0.2) is 6.61 Å². The molecule has 0 aliphatic carbocycles. The number of carbonyl (C=O) groups is 1. The van der Waals surface area contributed by atoms with Crippen molar-refractivity contribution in [2.24, 2.45) is 5.73 Å². The van der Waals surface area contributed by atoms with Crippen LogP contribution in [0.15, 0.2) is 54.6 Å². The SMILES string of the molecule is N[C@@H](Cc1cccc(-c2ccccc2)c1)C(=O)OCC(F)(F)F. The first-order valence-electron chi connectivity index (χ1n) is 6.98. The average molecular weight is 323 g/mol. The van der Waals surface area contributed by atoms with E-state index in [-0.39, 0.29) is 6.42 Å². The molecule has 0 fully saturated rings. The Kier molecular flexibility index (Phi) is 5.39. The minimum Gasteiger partial charge on any atom is -0.455 e. The number of benzene rings is 2. The van der Waals surface area contributed by atoms with Gasteiger partial charge in [-0.2, -0.15) is 13.2 Å². The maximum absolute atomic E-state index is 12.0. The zero-order valence-electron chi connectivity index (χ0n) is 12.2. The number of alkyl halides is 3. The molecule has 2 N–H and O–H groups in total. The first-order chi connectivity index (χ1) is 10.8. The van der Waals surface area contributed by atoms with Crippen molar-refractivity contribution in [3.63, 3.8) is 0 Å². The number of esters is 1. The molecule has 3 nitrogen and oxygen atoms in total. The van der Waals surface area contributed by atoms with Gasteiger partial charge in [0.2, 0.25) is 0 Å². The third kappa shape index (κ3) is 5.41. The first-order valence-corrected chi connectivity index (χ1v) is 6.98. The zero-order valence-corrected chi connectivity index (χ0v) is 12.2. The molecule has 0 aromatic heterocycles. The van der Waals surface area contributed by atoms with Crippen LogP contribution in [-0.4, -0.2) is 24.8 Å². The summed E-state index contributed by atoms with van der Waals surface area (Å²) in [6.45, 7) is -1.62. The van der Waals surface area contributed by atoms with Gasteiger partial charge in [0, 0.05) is 0 Å². The molecule has 0 saturated heterocycles. The van der Waals surface area contributed by atoms with E-state index in [4.69, 9.17) is 5.73 Å². The van der Waals surface area contributed by atoms with Crippen LogP contribution >= 0.6 is 0 Å². The van der Waals surface area contributed by atoms with E-state index in [0.717, 1.165) is 16.7 Å². The summed E-state index contributed by atoms with van der Waals surface area (Å²) in [5.41, 5.74) is 8.32. The fourth-order valence-electron chi connectivity index (χ4n) is 2.11. The van der Waals surface area contributed by atoms with E-state index in [2.05, 4.69) is 4.74 Å². The van der Waals surface area contributed by atoms with Crippen molar-refractivity contribution in [3.8, 4) is 11.1 Å². The predicted octanol–water partition coefficient (Wildman–Crippen LogP) is 3.33. The van der Waals surface area contributed by atoms with Gasteiger partial charge in [-0.1, -0.05) is 54.6 Å². The zero-order chi connectivity index (χ0) is 16.9. The summed E-state index contributed by atoms with van der Waals surface area (Å²) in [7, 11) is 0. The third-order valence-corrected chi connectivity index (χ3v) is 3.17. The molecule has 122 valence electrons. The first kappa shape index (κ1) is 17.0. The molecule has 0 radical (unpaired) electrons. The Morgan fingerprint density at radius 3 is 2.35 bits per heavy atom. The normalized spacial score (nSPS) is 12.7. The number of rotatable bonds is 5. The Hall–Kier alpha value is -2.34. The van der Waals surface area contributed by atoms with Crippen molar-refractivity contribution >= 4 is 5.97 Å². The molecule has 0 unspecified atom stereocenters. The summed E-state index contributed by atoms with van der Waals surface area (Å²) in [5.74, 6) is -1.06. The molecule has 1 atom stereocenters. The molecule has 0 spiro atoms. The van der Waals surface area contributed by atoms with Crippen LogP contribution in [-0.2, 0) is 16.0 Å². The van der Waals surface area contributed by atoms with Crippen LogP contribution in [0.4, 0.5) is 13.2 Å². The Morgan fingerprint density at radius 1 is 1.04 bits per heavy atom. The molecular formula is C17H16F3NO2. The van der Waals surface area contributed by atoms with E-state index in [1.54, 1.807) is 6.07 Å². The van der Waals surface area contributed by atoms with E-state index >= 15 is 0 Å². The Bertz CT molecular complexity index is 656. The summed E-state index contributed by atoms with van der Waals surface area (Å²) in [6, 6.07) is 15.8. The van der Waals surface area contributed by atoms with Gasteiger partial charge in [-0.15, -0.1) is 0 Å². The molecule has 2 aromatic carbocycles. The third-order valence-electron chi connectivity index (χ3n) is 3.17. The molecule has 2 aromatic rings. The smallest absolute Gasteiger partial charge is 0.422 e. The van der Waals surface area contributed by atoms with Crippen molar-refractivity contribution in [2.75, 3.05) is 6.61 Å². The van der Waals surface area contributed by atoms with E-state index < -0.39 is 24.8 Å². The topological polar surface area (TPSA) is 52.3 Å². The van der Waals surface area contributed by atoms with Crippen LogP contribution in [0.25, 0.3) is 11.1 Å². The van der Waals surface area contributed by atoms with Crippen LogP contribution in [0.3, 0.4) is 0 Å². The van der Waals surface area contributed by atoms with Gasteiger partial charge in [-0.25, -0.2) is 0 Å². The number of hydrogen-bond acceptors (Lipinski definition) is 3. The monoisotopic (exact) mass is 323 g/mol. The van der Waals surface area contributed by atoms with Gasteiger partial charge in [0.1, 0.15) is 6.04 Å². The van der Waals surface area contributed by atoms with Crippen molar-refractivity contribution in [3.05, 3.63) is 60.2 Å². The highest BCUT2D eigenvalue weighted by Gasteiger charge is 2.30. The number of halogens is 3. The van der Waals surface area contributed by atoms with Crippen molar-refractivity contribution < 1.29 is 22.7 Å². The van der Waals surface area contributed by atoms with Gasteiger partial charge < -0.3 is 10.5 Å². The Labute approximate surface area is 131 Å². The van der Waals surface area contributed by atoms with Gasteiger partial charge in [-0.3, -0.25) is 4.79 Å². The fraction of sp³-hybridized carbons (Fsp3) is 0.235. The van der Waals surface area contributed by atoms with Crippen molar-refractivity contribution in [2.45, 2.75) is 18.6 Å².